The van der Waals surface area contributed by atoms with Crippen molar-refractivity contribution in [1.82, 2.24) is 0 Å². The Labute approximate surface area is 193 Å². The first-order valence-corrected chi connectivity index (χ1v) is 10.7. The summed E-state index contributed by atoms with van der Waals surface area (Å²) in [4.78, 5) is 22.9. The number of para-hydroxylation sites is 2. The van der Waals surface area contributed by atoms with E-state index in [4.69, 9.17) is 8.83 Å². The van der Waals surface area contributed by atoms with Gasteiger partial charge < -0.3 is 8.83 Å². The number of fused-ring (bicyclic) bond motifs is 2. The lowest BCUT2D eigenvalue weighted by atomic mass is 10.0. The van der Waals surface area contributed by atoms with Crippen LogP contribution in [0.15, 0.2) is 116 Å². The summed E-state index contributed by atoms with van der Waals surface area (Å²) in [5, 5.41) is 7.80. The molecule has 0 saturated heterocycles. The molecule has 6 rings (SSSR count). The highest BCUT2D eigenvalue weighted by Crippen LogP contribution is 2.42. The lowest BCUT2D eigenvalue weighted by Crippen LogP contribution is -1.81. The lowest BCUT2D eigenvalue weighted by molar-refractivity contribution is 0.631. The van der Waals surface area contributed by atoms with Gasteiger partial charge in [-0.2, -0.15) is 0 Å². The first-order valence-electron chi connectivity index (χ1n) is 10.7. The fourth-order valence-electron chi connectivity index (χ4n) is 4.26. The Balaban J connectivity index is 1.33. The van der Waals surface area contributed by atoms with Gasteiger partial charge in [0.2, 0.25) is 0 Å². The number of benzene rings is 4. The van der Waals surface area contributed by atoms with Gasteiger partial charge in [-0.3, -0.25) is 0 Å². The monoisotopic (exact) mass is 444 g/mol. The lowest BCUT2D eigenvalue weighted by Gasteiger charge is -2.05. The van der Waals surface area contributed by atoms with Gasteiger partial charge in [0.15, 0.2) is 22.9 Å². The van der Waals surface area contributed by atoms with Crippen molar-refractivity contribution < 1.29 is 8.83 Å². The second-order valence-corrected chi connectivity index (χ2v) is 7.89. The molecule has 0 unspecified atom stereocenters. The molecule has 6 nitrogen and oxygen atoms in total. The van der Waals surface area contributed by atoms with E-state index in [1.54, 1.807) is 0 Å². The molecule has 0 fully saturated rings. The van der Waals surface area contributed by atoms with Crippen LogP contribution in [0, 0.1) is 9.81 Å². The Bertz CT molecular complexity index is 1550. The van der Waals surface area contributed by atoms with Crippen LogP contribution in [0.1, 0.15) is 0 Å². The van der Waals surface area contributed by atoms with E-state index in [1.165, 1.54) is 0 Å². The molecular weight excluding hydrogens is 428 g/mol. The standard InChI is InChI=1S/C28H16N2O4/c31-29-25-21-5-1-3-7-23(21)33-27(25)19-13-9-17(10-14-19)18-11-15-20(16-12-18)28-26(30-32)22-6-2-4-8-24(22)34-28/h1-16H. The molecule has 162 valence electrons. The van der Waals surface area contributed by atoms with Crippen LogP contribution in [0.25, 0.3) is 55.7 Å². The quantitative estimate of drug-likeness (QED) is 0.248. The van der Waals surface area contributed by atoms with Crippen LogP contribution in [0.5, 0.6) is 0 Å². The Morgan fingerprint density at radius 3 is 1.18 bits per heavy atom. The van der Waals surface area contributed by atoms with Crippen molar-refractivity contribution in [3.8, 4) is 33.8 Å². The highest BCUT2D eigenvalue weighted by molar-refractivity contribution is 5.98. The van der Waals surface area contributed by atoms with Crippen LogP contribution in [-0.2, 0) is 0 Å². The minimum Gasteiger partial charge on any atom is -0.454 e. The van der Waals surface area contributed by atoms with E-state index < -0.39 is 0 Å². The third-order valence-corrected chi connectivity index (χ3v) is 5.95. The van der Waals surface area contributed by atoms with Crippen LogP contribution < -0.4 is 0 Å². The maximum atomic E-state index is 11.5. The average Bonchev–Trinajstić information content (AvgIpc) is 3.47. The van der Waals surface area contributed by atoms with Gasteiger partial charge in [-0.05, 0) is 45.7 Å². The molecule has 0 N–H and O–H groups in total. The second-order valence-electron chi connectivity index (χ2n) is 7.89. The molecule has 4 aromatic carbocycles. The highest BCUT2D eigenvalue weighted by Gasteiger charge is 2.18. The summed E-state index contributed by atoms with van der Waals surface area (Å²) in [5.74, 6) is 0.911. The third kappa shape index (κ3) is 3.12. The zero-order chi connectivity index (χ0) is 23.1. The zero-order valence-corrected chi connectivity index (χ0v) is 17.8. The first-order chi connectivity index (χ1) is 16.8. The molecule has 2 heterocycles. The topological polar surface area (TPSA) is 85.1 Å². The highest BCUT2D eigenvalue weighted by atomic mass is 16.3. The molecule has 6 aromatic rings. The second kappa shape index (κ2) is 7.94. The molecule has 0 spiro atoms. The molecule has 0 aliphatic rings. The van der Waals surface area contributed by atoms with Crippen molar-refractivity contribution in [1.29, 1.82) is 0 Å². The predicted molar refractivity (Wildman–Crippen MR) is 133 cm³/mol. The third-order valence-electron chi connectivity index (χ3n) is 5.95. The summed E-state index contributed by atoms with van der Waals surface area (Å²) in [5.41, 5.74) is 5.39. The van der Waals surface area contributed by atoms with Gasteiger partial charge in [0.05, 0.1) is 10.8 Å². The number of furan rings is 2. The van der Waals surface area contributed by atoms with Gasteiger partial charge in [0.1, 0.15) is 11.2 Å². The van der Waals surface area contributed by atoms with Crippen molar-refractivity contribution in [3.63, 3.8) is 0 Å². The Hall–Kier alpha value is -4.84. The van der Waals surface area contributed by atoms with Crippen molar-refractivity contribution in [2.45, 2.75) is 0 Å². The maximum absolute atomic E-state index is 11.5. The summed E-state index contributed by atoms with van der Waals surface area (Å²) < 4.78 is 11.8. The van der Waals surface area contributed by atoms with Crippen molar-refractivity contribution in [3.05, 3.63) is 107 Å². The number of hydrogen-bond donors (Lipinski definition) is 0. The summed E-state index contributed by atoms with van der Waals surface area (Å²) in [6.07, 6.45) is 0. The van der Waals surface area contributed by atoms with Crippen LogP contribution in [0.4, 0.5) is 11.4 Å². The molecular formula is C28H16N2O4. The minimum absolute atomic E-state index is 0.304. The number of hydrogen-bond acceptors (Lipinski definition) is 6. The largest absolute Gasteiger partial charge is 0.454 e. The molecule has 0 amide bonds. The van der Waals surface area contributed by atoms with Crippen molar-refractivity contribution >= 4 is 33.3 Å². The van der Waals surface area contributed by atoms with E-state index in [2.05, 4.69) is 10.4 Å². The summed E-state index contributed by atoms with van der Waals surface area (Å²) in [7, 11) is 0. The summed E-state index contributed by atoms with van der Waals surface area (Å²) in [6, 6.07) is 30.2. The Morgan fingerprint density at radius 2 is 0.794 bits per heavy atom. The molecule has 0 radical (unpaired) electrons. The minimum atomic E-state index is 0.304. The fourth-order valence-corrected chi connectivity index (χ4v) is 4.26. The van der Waals surface area contributed by atoms with Crippen LogP contribution in [0.2, 0.25) is 0 Å². The molecule has 0 aliphatic heterocycles. The molecule has 0 bridgehead atoms. The van der Waals surface area contributed by atoms with E-state index >= 15 is 0 Å². The van der Waals surface area contributed by atoms with Gasteiger partial charge in [-0.1, -0.05) is 72.8 Å². The van der Waals surface area contributed by atoms with E-state index in [9.17, 15) is 9.81 Å². The fraction of sp³-hybridized carbons (Fsp3) is 0. The van der Waals surface area contributed by atoms with Gasteiger partial charge in [0.25, 0.3) is 0 Å². The first kappa shape index (κ1) is 19.8. The molecule has 6 heteroatoms. The number of nitroso groups, excluding NO2 is 2. The van der Waals surface area contributed by atoms with Gasteiger partial charge >= 0.3 is 0 Å². The van der Waals surface area contributed by atoms with Gasteiger partial charge in [-0.15, -0.1) is 9.81 Å². The van der Waals surface area contributed by atoms with E-state index in [0.717, 1.165) is 22.3 Å². The summed E-state index contributed by atoms with van der Waals surface area (Å²) >= 11 is 0. The van der Waals surface area contributed by atoms with Crippen molar-refractivity contribution in [2.24, 2.45) is 10.4 Å². The number of nitrogens with zero attached hydrogens (tertiary/aromatic N) is 2. The predicted octanol–water partition coefficient (Wildman–Crippen LogP) is 8.98. The van der Waals surface area contributed by atoms with E-state index in [-0.39, 0.29) is 0 Å². The summed E-state index contributed by atoms with van der Waals surface area (Å²) in [6.45, 7) is 0. The number of rotatable bonds is 5. The van der Waals surface area contributed by atoms with Crippen LogP contribution >= 0.6 is 0 Å². The smallest absolute Gasteiger partial charge is 0.164 e. The molecule has 2 aromatic heterocycles. The molecule has 0 aliphatic carbocycles. The normalized spacial score (nSPS) is 11.2. The van der Waals surface area contributed by atoms with Gasteiger partial charge in [0, 0.05) is 11.1 Å². The van der Waals surface area contributed by atoms with Gasteiger partial charge in [-0.25, -0.2) is 0 Å². The van der Waals surface area contributed by atoms with E-state index in [1.807, 2.05) is 97.1 Å². The average molecular weight is 444 g/mol. The SMILES string of the molecule is O=Nc1c(-c2ccc(-c3ccc(-c4oc5ccccc5c4N=O)cc3)cc2)oc2ccccc12. The van der Waals surface area contributed by atoms with Crippen LogP contribution in [-0.4, -0.2) is 0 Å². The van der Waals surface area contributed by atoms with Crippen molar-refractivity contribution in [2.75, 3.05) is 0 Å². The maximum Gasteiger partial charge on any atom is 0.164 e. The molecule has 0 saturated carbocycles. The Morgan fingerprint density at radius 1 is 0.441 bits per heavy atom. The zero-order valence-electron chi connectivity index (χ0n) is 17.8. The van der Waals surface area contributed by atoms with Crippen LogP contribution in [0.3, 0.4) is 0 Å². The van der Waals surface area contributed by atoms with E-state index in [0.29, 0.717) is 44.8 Å². The molecule has 0 atom stereocenters. The Kier molecular flexibility index (Phi) is 4.63. The molecule has 34 heavy (non-hydrogen) atoms.